The fourth-order valence-electron chi connectivity index (χ4n) is 0.784. The average molecular weight is 153 g/mol. The Kier molecular flexibility index (Phi) is 2.44. The van der Waals surface area contributed by atoms with Crippen molar-refractivity contribution in [2.75, 3.05) is 6.61 Å². The standard InChI is InChI=1S/C8H11NO2/c1-6-2-3-8(11)7(5-10)9-4-6/h2-4,6,10-11H,5H2,1H3. The van der Waals surface area contributed by atoms with Crippen LogP contribution in [0.4, 0.5) is 0 Å². The van der Waals surface area contributed by atoms with Crippen molar-refractivity contribution in [2.45, 2.75) is 6.92 Å². The molecular formula is C8H11NO2. The third-order valence-electron chi connectivity index (χ3n) is 1.47. The Balaban J connectivity index is 2.90. The van der Waals surface area contributed by atoms with Gasteiger partial charge in [0, 0.05) is 12.1 Å². The van der Waals surface area contributed by atoms with Crippen LogP contribution in [0.2, 0.25) is 0 Å². The molecule has 1 aliphatic heterocycles. The molecular weight excluding hydrogens is 142 g/mol. The molecule has 11 heavy (non-hydrogen) atoms. The second-order valence-corrected chi connectivity index (χ2v) is 2.49. The van der Waals surface area contributed by atoms with E-state index in [0.29, 0.717) is 5.70 Å². The van der Waals surface area contributed by atoms with Gasteiger partial charge >= 0.3 is 0 Å². The summed E-state index contributed by atoms with van der Waals surface area (Å²) in [5, 5.41) is 17.9. The normalized spacial score (nSPS) is 24.0. The largest absolute Gasteiger partial charge is 0.506 e. The van der Waals surface area contributed by atoms with E-state index in [1.807, 2.05) is 13.0 Å². The monoisotopic (exact) mass is 153 g/mol. The van der Waals surface area contributed by atoms with Gasteiger partial charge in [0.2, 0.25) is 0 Å². The number of allylic oxidation sites excluding steroid dienone is 2. The predicted molar refractivity (Wildman–Crippen MR) is 43.5 cm³/mol. The first-order chi connectivity index (χ1) is 5.24. The van der Waals surface area contributed by atoms with E-state index in [0.717, 1.165) is 0 Å². The lowest BCUT2D eigenvalue weighted by Crippen LogP contribution is -1.92. The number of hydrogen-bond acceptors (Lipinski definition) is 3. The summed E-state index contributed by atoms with van der Waals surface area (Å²) in [5.41, 5.74) is 0.325. The minimum absolute atomic E-state index is 0.0492. The molecule has 1 aliphatic rings. The van der Waals surface area contributed by atoms with Gasteiger partial charge in [-0.1, -0.05) is 13.0 Å². The first kappa shape index (κ1) is 8.01. The van der Waals surface area contributed by atoms with E-state index in [2.05, 4.69) is 4.99 Å². The summed E-state index contributed by atoms with van der Waals surface area (Å²) < 4.78 is 0. The highest BCUT2D eigenvalue weighted by molar-refractivity contribution is 5.65. The maximum Gasteiger partial charge on any atom is 0.139 e. The summed E-state index contributed by atoms with van der Waals surface area (Å²) in [6.45, 7) is 1.73. The van der Waals surface area contributed by atoms with Crippen molar-refractivity contribution in [3.63, 3.8) is 0 Å². The Hall–Kier alpha value is -1.09. The lowest BCUT2D eigenvalue weighted by molar-refractivity contribution is 0.317. The van der Waals surface area contributed by atoms with Crippen LogP contribution in [0.3, 0.4) is 0 Å². The molecule has 0 fully saturated rings. The lowest BCUT2D eigenvalue weighted by atomic mass is 10.2. The van der Waals surface area contributed by atoms with Crippen LogP contribution in [0.25, 0.3) is 0 Å². The zero-order valence-corrected chi connectivity index (χ0v) is 6.36. The minimum Gasteiger partial charge on any atom is -0.506 e. The van der Waals surface area contributed by atoms with Crippen LogP contribution in [-0.2, 0) is 0 Å². The number of hydrogen-bond donors (Lipinski definition) is 2. The van der Waals surface area contributed by atoms with Crippen molar-refractivity contribution in [1.29, 1.82) is 0 Å². The molecule has 0 aliphatic carbocycles. The number of nitrogens with zero attached hydrogens (tertiary/aromatic N) is 1. The molecule has 0 radical (unpaired) electrons. The molecule has 0 aromatic rings. The van der Waals surface area contributed by atoms with Gasteiger partial charge in [-0.3, -0.25) is 4.99 Å². The predicted octanol–water partition coefficient (Wildman–Crippen LogP) is 1.02. The molecule has 0 aromatic heterocycles. The van der Waals surface area contributed by atoms with E-state index in [4.69, 9.17) is 5.11 Å². The highest BCUT2D eigenvalue weighted by atomic mass is 16.3. The van der Waals surface area contributed by atoms with Gasteiger partial charge in [-0.2, -0.15) is 0 Å². The Morgan fingerprint density at radius 3 is 3.00 bits per heavy atom. The number of aliphatic hydroxyl groups is 2. The fraction of sp³-hybridized carbons (Fsp3) is 0.375. The maximum atomic E-state index is 9.19. The summed E-state index contributed by atoms with van der Waals surface area (Å²) in [6.07, 6.45) is 5.07. The smallest absolute Gasteiger partial charge is 0.139 e. The van der Waals surface area contributed by atoms with Gasteiger partial charge in [-0.05, 0) is 6.08 Å². The van der Waals surface area contributed by atoms with Crippen molar-refractivity contribution in [3.05, 3.63) is 23.6 Å². The molecule has 0 bridgehead atoms. The molecule has 0 amide bonds. The van der Waals surface area contributed by atoms with Gasteiger partial charge in [0.1, 0.15) is 11.5 Å². The first-order valence-electron chi connectivity index (χ1n) is 3.49. The van der Waals surface area contributed by atoms with Gasteiger partial charge in [-0.25, -0.2) is 0 Å². The van der Waals surface area contributed by atoms with E-state index >= 15 is 0 Å². The van der Waals surface area contributed by atoms with Crippen LogP contribution >= 0.6 is 0 Å². The third-order valence-corrected chi connectivity index (χ3v) is 1.47. The van der Waals surface area contributed by atoms with Crippen molar-refractivity contribution in [3.8, 4) is 0 Å². The average Bonchev–Trinajstić information content (AvgIpc) is 2.15. The number of aliphatic imine (C=N–C) groups is 1. The van der Waals surface area contributed by atoms with Crippen LogP contribution < -0.4 is 0 Å². The highest BCUT2D eigenvalue weighted by Gasteiger charge is 2.03. The Morgan fingerprint density at radius 1 is 1.64 bits per heavy atom. The molecule has 3 heteroatoms. The molecule has 2 N–H and O–H groups in total. The van der Waals surface area contributed by atoms with Crippen molar-refractivity contribution in [2.24, 2.45) is 10.9 Å². The molecule has 1 heterocycles. The van der Waals surface area contributed by atoms with Crippen molar-refractivity contribution >= 4 is 6.21 Å². The van der Waals surface area contributed by atoms with Crippen molar-refractivity contribution < 1.29 is 10.2 Å². The molecule has 1 atom stereocenters. The Bertz CT molecular complexity index is 228. The van der Waals surface area contributed by atoms with Gasteiger partial charge in [0.05, 0.1) is 6.61 Å². The van der Waals surface area contributed by atoms with Crippen molar-refractivity contribution in [1.82, 2.24) is 0 Å². The molecule has 3 nitrogen and oxygen atoms in total. The zero-order chi connectivity index (χ0) is 8.27. The second-order valence-electron chi connectivity index (χ2n) is 2.49. The van der Waals surface area contributed by atoms with Gasteiger partial charge in [0.25, 0.3) is 0 Å². The van der Waals surface area contributed by atoms with Crippen LogP contribution in [0.15, 0.2) is 28.6 Å². The molecule has 0 aromatic carbocycles. The van der Waals surface area contributed by atoms with Crippen LogP contribution in [-0.4, -0.2) is 23.0 Å². The third kappa shape index (κ3) is 1.91. The maximum absolute atomic E-state index is 9.19. The summed E-state index contributed by atoms with van der Waals surface area (Å²) in [4.78, 5) is 3.90. The quantitative estimate of drug-likeness (QED) is 0.591. The van der Waals surface area contributed by atoms with Gasteiger partial charge in [0.15, 0.2) is 0 Å². The number of rotatable bonds is 1. The molecule has 60 valence electrons. The van der Waals surface area contributed by atoms with Crippen LogP contribution in [0.1, 0.15) is 6.92 Å². The SMILES string of the molecule is CC1C=CC(O)=C(CO)N=C1. The molecule has 1 rings (SSSR count). The number of aliphatic hydroxyl groups excluding tert-OH is 2. The Morgan fingerprint density at radius 2 is 2.36 bits per heavy atom. The van der Waals surface area contributed by atoms with E-state index in [1.54, 1.807) is 12.3 Å². The minimum atomic E-state index is -0.223. The van der Waals surface area contributed by atoms with Crippen LogP contribution in [0.5, 0.6) is 0 Å². The lowest BCUT2D eigenvalue weighted by Gasteiger charge is -1.95. The first-order valence-corrected chi connectivity index (χ1v) is 3.49. The molecule has 0 saturated carbocycles. The topological polar surface area (TPSA) is 52.8 Å². The fourth-order valence-corrected chi connectivity index (χ4v) is 0.784. The molecule has 1 unspecified atom stereocenters. The summed E-state index contributed by atoms with van der Waals surface area (Å²) in [7, 11) is 0. The summed E-state index contributed by atoms with van der Waals surface area (Å²) in [5.74, 6) is 0.259. The highest BCUT2D eigenvalue weighted by Crippen LogP contribution is 2.10. The Labute approximate surface area is 65.4 Å². The zero-order valence-electron chi connectivity index (χ0n) is 6.36. The summed E-state index contributed by atoms with van der Waals surface area (Å²) in [6, 6.07) is 0. The van der Waals surface area contributed by atoms with E-state index in [9.17, 15) is 5.11 Å². The van der Waals surface area contributed by atoms with E-state index < -0.39 is 0 Å². The van der Waals surface area contributed by atoms with E-state index in [1.165, 1.54) is 0 Å². The molecule has 0 saturated heterocycles. The van der Waals surface area contributed by atoms with E-state index in [-0.39, 0.29) is 18.3 Å². The second kappa shape index (κ2) is 3.34. The van der Waals surface area contributed by atoms with Crippen LogP contribution in [0, 0.1) is 5.92 Å². The van der Waals surface area contributed by atoms with Gasteiger partial charge < -0.3 is 10.2 Å². The summed E-state index contributed by atoms with van der Waals surface area (Å²) >= 11 is 0. The molecule has 0 spiro atoms. The van der Waals surface area contributed by atoms with Gasteiger partial charge in [-0.15, -0.1) is 0 Å².